The molecule has 3 N–H and O–H groups in total. The lowest BCUT2D eigenvalue weighted by atomic mass is 10.1. The summed E-state index contributed by atoms with van der Waals surface area (Å²) in [4.78, 5) is 12.3. The van der Waals surface area contributed by atoms with Gasteiger partial charge in [-0.3, -0.25) is 15.2 Å². The number of benzene rings is 1. The largest absolute Gasteiger partial charge is 0.507 e. The molecule has 2 aromatic heterocycles. The van der Waals surface area contributed by atoms with Crippen LogP contribution >= 0.6 is 22.9 Å². The highest BCUT2D eigenvalue weighted by Crippen LogP contribution is 2.31. The molecular weight excluding hydrogens is 350 g/mol. The number of nitrogens with one attached hydrogen (secondary N) is 2. The SMILES string of the molecule is CC(C)c1nnc(NC(=O)c2cc(-c3cc(Cl)ccc3O)n[nH]2)s1. The molecule has 7 nitrogen and oxygen atoms in total. The minimum atomic E-state index is -0.387. The first kappa shape index (κ1) is 16.4. The maximum Gasteiger partial charge on any atom is 0.275 e. The predicted molar refractivity (Wildman–Crippen MR) is 92.6 cm³/mol. The number of hydrogen-bond acceptors (Lipinski definition) is 6. The number of aromatic amines is 1. The van der Waals surface area contributed by atoms with E-state index in [1.165, 1.54) is 23.5 Å². The fourth-order valence-corrected chi connectivity index (χ4v) is 2.89. The molecule has 24 heavy (non-hydrogen) atoms. The Morgan fingerprint density at radius 2 is 2.12 bits per heavy atom. The summed E-state index contributed by atoms with van der Waals surface area (Å²) in [6.45, 7) is 4.01. The van der Waals surface area contributed by atoms with Crippen molar-refractivity contribution < 1.29 is 9.90 Å². The van der Waals surface area contributed by atoms with Crippen LogP contribution in [0, 0.1) is 0 Å². The summed E-state index contributed by atoms with van der Waals surface area (Å²) in [6.07, 6.45) is 0. The third kappa shape index (κ3) is 3.39. The lowest BCUT2D eigenvalue weighted by Gasteiger charge is -2.00. The molecule has 1 aromatic carbocycles. The minimum absolute atomic E-state index is 0.0311. The number of carbonyl (C=O) groups excluding carboxylic acids is 1. The van der Waals surface area contributed by atoms with Crippen LogP contribution in [0.1, 0.15) is 35.3 Å². The smallest absolute Gasteiger partial charge is 0.275 e. The van der Waals surface area contributed by atoms with Crippen LogP contribution in [0.2, 0.25) is 5.02 Å². The second-order valence-electron chi connectivity index (χ2n) is 5.38. The predicted octanol–water partition coefficient (Wildman–Crippen LogP) is 3.66. The quantitative estimate of drug-likeness (QED) is 0.656. The lowest BCUT2D eigenvalue weighted by Crippen LogP contribution is -2.12. The number of aromatic nitrogens is 4. The number of halogens is 1. The number of amides is 1. The number of anilines is 1. The third-order valence-corrected chi connectivity index (χ3v) is 4.59. The van der Waals surface area contributed by atoms with Crippen molar-refractivity contribution in [3.05, 3.63) is 40.0 Å². The molecule has 0 saturated carbocycles. The van der Waals surface area contributed by atoms with Crippen molar-refractivity contribution >= 4 is 34.0 Å². The lowest BCUT2D eigenvalue weighted by molar-refractivity contribution is 0.102. The summed E-state index contributed by atoms with van der Waals surface area (Å²) in [5.74, 6) is -0.108. The standard InChI is InChI=1S/C15H14ClN5O2S/c1-7(2)14-20-21-15(24-14)17-13(23)11-6-10(18-19-11)9-5-8(16)3-4-12(9)22/h3-7,22H,1-2H3,(H,18,19)(H,17,21,23). The van der Waals surface area contributed by atoms with E-state index in [9.17, 15) is 9.90 Å². The maximum atomic E-state index is 12.3. The van der Waals surface area contributed by atoms with E-state index in [0.29, 0.717) is 21.4 Å². The Hall–Kier alpha value is -2.45. The molecule has 0 unspecified atom stereocenters. The van der Waals surface area contributed by atoms with E-state index >= 15 is 0 Å². The van der Waals surface area contributed by atoms with E-state index < -0.39 is 0 Å². The van der Waals surface area contributed by atoms with Gasteiger partial charge in [0.15, 0.2) is 0 Å². The molecule has 3 aromatic rings. The first-order valence-corrected chi connectivity index (χ1v) is 8.32. The summed E-state index contributed by atoms with van der Waals surface area (Å²) in [5.41, 5.74) is 1.10. The Morgan fingerprint density at radius 3 is 2.83 bits per heavy atom. The molecule has 0 bridgehead atoms. The van der Waals surface area contributed by atoms with Crippen molar-refractivity contribution in [3.63, 3.8) is 0 Å². The van der Waals surface area contributed by atoms with Crippen molar-refractivity contribution in [2.45, 2.75) is 19.8 Å². The Balaban J connectivity index is 1.79. The van der Waals surface area contributed by atoms with Crippen LogP contribution in [0.25, 0.3) is 11.3 Å². The summed E-state index contributed by atoms with van der Waals surface area (Å²) in [7, 11) is 0. The summed E-state index contributed by atoms with van der Waals surface area (Å²) >= 11 is 7.25. The minimum Gasteiger partial charge on any atom is -0.507 e. The number of rotatable bonds is 4. The van der Waals surface area contributed by atoms with Gasteiger partial charge in [-0.25, -0.2) is 0 Å². The van der Waals surface area contributed by atoms with E-state index in [2.05, 4.69) is 25.7 Å². The van der Waals surface area contributed by atoms with Crippen LogP contribution in [0.4, 0.5) is 5.13 Å². The van der Waals surface area contributed by atoms with Gasteiger partial charge in [0, 0.05) is 16.5 Å². The zero-order chi connectivity index (χ0) is 17.3. The van der Waals surface area contributed by atoms with Crippen molar-refractivity contribution in [1.82, 2.24) is 20.4 Å². The number of phenols is 1. The Labute approximate surface area is 146 Å². The average molecular weight is 364 g/mol. The van der Waals surface area contributed by atoms with Gasteiger partial charge in [-0.15, -0.1) is 10.2 Å². The molecule has 0 atom stereocenters. The molecule has 0 aliphatic rings. The van der Waals surface area contributed by atoms with Gasteiger partial charge in [0.2, 0.25) is 5.13 Å². The third-order valence-electron chi connectivity index (χ3n) is 3.21. The number of aromatic hydroxyl groups is 1. The Bertz CT molecular complexity index is 890. The molecule has 0 aliphatic carbocycles. The molecule has 0 spiro atoms. The van der Waals surface area contributed by atoms with E-state index in [-0.39, 0.29) is 23.3 Å². The van der Waals surface area contributed by atoms with Crippen LogP contribution in [0.5, 0.6) is 5.75 Å². The summed E-state index contributed by atoms with van der Waals surface area (Å²) < 4.78 is 0. The summed E-state index contributed by atoms with van der Waals surface area (Å²) in [6, 6.07) is 6.16. The van der Waals surface area contributed by atoms with Gasteiger partial charge in [0.1, 0.15) is 16.5 Å². The Morgan fingerprint density at radius 1 is 1.33 bits per heavy atom. The molecule has 0 aliphatic heterocycles. The molecule has 0 radical (unpaired) electrons. The molecular formula is C15H14ClN5O2S. The van der Waals surface area contributed by atoms with E-state index in [0.717, 1.165) is 5.01 Å². The van der Waals surface area contributed by atoms with Crippen molar-refractivity contribution in [1.29, 1.82) is 0 Å². The van der Waals surface area contributed by atoms with Crippen molar-refractivity contribution in [2.75, 3.05) is 5.32 Å². The van der Waals surface area contributed by atoms with Crippen molar-refractivity contribution in [2.24, 2.45) is 0 Å². The highest BCUT2D eigenvalue weighted by Gasteiger charge is 2.16. The highest BCUT2D eigenvalue weighted by atomic mass is 35.5. The second-order valence-corrected chi connectivity index (χ2v) is 6.83. The topological polar surface area (TPSA) is 104 Å². The second kappa shape index (κ2) is 6.58. The normalized spacial score (nSPS) is 11.0. The van der Waals surface area contributed by atoms with Gasteiger partial charge in [-0.2, -0.15) is 5.10 Å². The first-order valence-electron chi connectivity index (χ1n) is 7.13. The van der Waals surface area contributed by atoms with Gasteiger partial charge < -0.3 is 5.11 Å². The van der Waals surface area contributed by atoms with Crippen LogP contribution in [-0.4, -0.2) is 31.4 Å². The van der Waals surface area contributed by atoms with E-state index in [4.69, 9.17) is 11.6 Å². The van der Waals surface area contributed by atoms with Gasteiger partial charge in [0.25, 0.3) is 5.91 Å². The number of hydrogen-bond donors (Lipinski definition) is 3. The average Bonchev–Trinajstić information content (AvgIpc) is 3.18. The maximum absolute atomic E-state index is 12.3. The molecule has 0 fully saturated rings. The molecule has 0 saturated heterocycles. The number of phenolic OH excluding ortho intramolecular Hbond substituents is 1. The fraction of sp³-hybridized carbons (Fsp3) is 0.200. The van der Waals surface area contributed by atoms with Gasteiger partial charge >= 0.3 is 0 Å². The number of nitrogens with zero attached hydrogens (tertiary/aromatic N) is 3. The molecule has 124 valence electrons. The highest BCUT2D eigenvalue weighted by molar-refractivity contribution is 7.15. The Kier molecular flexibility index (Phi) is 4.50. The van der Waals surface area contributed by atoms with Crippen LogP contribution in [-0.2, 0) is 0 Å². The van der Waals surface area contributed by atoms with Gasteiger partial charge in [-0.05, 0) is 24.3 Å². The summed E-state index contributed by atoms with van der Waals surface area (Å²) in [5, 5.41) is 28.9. The molecule has 9 heteroatoms. The molecule has 2 heterocycles. The van der Waals surface area contributed by atoms with Crippen LogP contribution in [0.3, 0.4) is 0 Å². The van der Waals surface area contributed by atoms with E-state index in [1.54, 1.807) is 12.1 Å². The number of H-pyrrole nitrogens is 1. The monoisotopic (exact) mass is 363 g/mol. The zero-order valence-corrected chi connectivity index (χ0v) is 14.4. The van der Waals surface area contributed by atoms with Crippen LogP contribution < -0.4 is 5.32 Å². The van der Waals surface area contributed by atoms with Crippen molar-refractivity contribution in [3.8, 4) is 17.0 Å². The fourth-order valence-electron chi connectivity index (χ4n) is 1.97. The van der Waals surface area contributed by atoms with Gasteiger partial charge in [-0.1, -0.05) is 36.8 Å². The number of carbonyl (C=O) groups is 1. The molecule has 3 rings (SSSR count). The van der Waals surface area contributed by atoms with Gasteiger partial charge in [0.05, 0.1) is 5.69 Å². The molecule has 1 amide bonds. The first-order chi connectivity index (χ1) is 11.4. The zero-order valence-electron chi connectivity index (χ0n) is 12.9. The van der Waals surface area contributed by atoms with E-state index in [1.807, 2.05) is 13.8 Å². The van der Waals surface area contributed by atoms with Crippen LogP contribution in [0.15, 0.2) is 24.3 Å².